The molecular weight excluding hydrogens is 275 g/mol. The van der Waals surface area contributed by atoms with Crippen molar-refractivity contribution < 1.29 is 18.7 Å². The fraction of sp³-hybridized carbons (Fsp3) is 0.533. The molecule has 1 heterocycles. The predicted octanol–water partition coefficient (Wildman–Crippen LogP) is 2.72. The summed E-state index contributed by atoms with van der Waals surface area (Å²) < 4.78 is 24.9. The van der Waals surface area contributed by atoms with E-state index in [0.717, 1.165) is 0 Å². The molecule has 0 bridgehead atoms. The van der Waals surface area contributed by atoms with E-state index < -0.39 is 23.6 Å². The maximum Gasteiger partial charge on any atom is 0.410 e. The quantitative estimate of drug-likeness (QED) is 0.809. The average Bonchev–Trinajstić information content (AvgIpc) is 2.37. The van der Waals surface area contributed by atoms with Crippen molar-refractivity contribution in [3.05, 3.63) is 29.6 Å². The Morgan fingerprint density at radius 3 is 2.81 bits per heavy atom. The second-order valence-electron chi connectivity index (χ2n) is 6.05. The van der Waals surface area contributed by atoms with Gasteiger partial charge in [0.25, 0.3) is 0 Å². The Kier molecular flexibility index (Phi) is 4.37. The number of anilines is 1. The molecule has 1 unspecified atom stereocenters. The summed E-state index contributed by atoms with van der Waals surface area (Å²) in [5.41, 5.74) is 5.69. The van der Waals surface area contributed by atoms with E-state index >= 15 is 0 Å². The Bertz CT molecular complexity index is 528. The van der Waals surface area contributed by atoms with Crippen LogP contribution in [-0.4, -0.2) is 36.4 Å². The zero-order valence-corrected chi connectivity index (χ0v) is 12.6. The third-order valence-electron chi connectivity index (χ3n) is 3.14. The molecule has 5 nitrogen and oxygen atoms in total. The lowest BCUT2D eigenvalue weighted by atomic mass is 10.0. The van der Waals surface area contributed by atoms with Crippen molar-refractivity contribution in [2.24, 2.45) is 0 Å². The first-order valence-corrected chi connectivity index (χ1v) is 6.90. The normalized spacial score (nSPS) is 19.4. The molecule has 21 heavy (non-hydrogen) atoms. The third kappa shape index (κ3) is 3.85. The van der Waals surface area contributed by atoms with Gasteiger partial charge in [-0.2, -0.15) is 0 Å². The molecule has 1 aliphatic rings. The molecule has 1 aromatic carbocycles. The molecule has 2 rings (SSSR count). The second-order valence-corrected chi connectivity index (χ2v) is 6.05. The summed E-state index contributed by atoms with van der Waals surface area (Å²) in [6, 6.07) is 3.94. The smallest absolute Gasteiger partial charge is 0.410 e. The number of rotatable bonds is 1. The standard InChI is InChI=1S/C15H21FN2O3/c1-15(2,3)21-14(19)18-6-7-20-9-13(18)11-5-4-10(17)8-12(11)16/h4-5,8,13H,6-7,9,17H2,1-3H3. The van der Waals surface area contributed by atoms with E-state index in [2.05, 4.69) is 0 Å². The van der Waals surface area contributed by atoms with E-state index in [0.29, 0.717) is 24.4 Å². The lowest BCUT2D eigenvalue weighted by Crippen LogP contribution is -2.46. The molecule has 0 spiro atoms. The first-order valence-electron chi connectivity index (χ1n) is 6.90. The van der Waals surface area contributed by atoms with Crippen LogP contribution in [0.4, 0.5) is 14.9 Å². The van der Waals surface area contributed by atoms with E-state index in [9.17, 15) is 9.18 Å². The molecule has 1 aliphatic heterocycles. The number of hydrogen-bond donors (Lipinski definition) is 1. The van der Waals surface area contributed by atoms with Gasteiger partial charge < -0.3 is 15.2 Å². The summed E-state index contributed by atoms with van der Waals surface area (Å²) in [5.74, 6) is -0.445. The Morgan fingerprint density at radius 1 is 1.48 bits per heavy atom. The monoisotopic (exact) mass is 296 g/mol. The van der Waals surface area contributed by atoms with Crippen LogP contribution in [-0.2, 0) is 9.47 Å². The van der Waals surface area contributed by atoms with Gasteiger partial charge >= 0.3 is 6.09 Å². The van der Waals surface area contributed by atoms with Crippen LogP contribution in [0.25, 0.3) is 0 Å². The molecule has 1 aromatic rings. The highest BCUT2D eigenvalue weighted by molar-refractivity contribution is 5.69. The highest BCUT2D eigenvalue weighted by Gasteiger charge is 2.33. The Labute approximate surface area is 123 Å². The molecule has 0 aromatic heterocycles. The Balaban J connectivity index is 2.24. The predicted molar refractivity (Wildman–Crippen MR) is 77.3 cm³/mol. The number of nitrogen functional groups attached to an aromatic ring is 1. The van der Waals surface area contributed by atoms with Gasteiger partial charge in [-0.15, -0.1) is 0 Å². The molecule has 1 atom stereocenters. The Hall–Kier alpha value is -1.82. The minimum absolute atomic E-state index is 0.236. The summed E-state index contributed by atoms with van der Waals surface area (Å²) in [6.45, 7) is 6.40. The first-order chi connectivity index (χ1) is 9.78. The maximum absolute atomic E-state index is 14.1. The minimum Gasteiger partial charge on any atom is -0.444 e. The SMILES string of the molecule is CC(C)(C)OC(=O)N1CCOCC1c1ccc(N)cc1F. The summed E-state index contributed by atoms with van der Waals surface area (Å²) in [5, 5.41) is 0. The number of hydrogen-bond acceptors (Lipinski definition) is 4. The van der Waals surface area contributed by atoms with Crippen molar-refractivity contribution in [2.75, 3.05) is 25.5 Å². The number of carbonyl (C=O) groups is 1. The fourth-order valence-electron chi connectivity index (χ4n) is 2.21. The molecule has 6 heteroatoms. The van der Waals surface area contributed by atoms with E-state index in [1.54, 1.807) is 32.9 Å². The molecule has 1 fully saturated rings. The maximum atomic E-state index is 14.1. The van der Waals surface area contributed by atoms with Crippen LogP contribution in [0.5, 0.6) is 0 Å². The number of nitrogens with zero attached hydrogens (tertiary/aromatic N) is 1. The molecule has 2 N–H and O–H groups in total. The lowest BCUT2D eigenvalue weighted by Gasteiger charge is -2.36. The molecule has 1 amide bonds. The van der Waals surface area contributed by atoms with Crippen molar-refractivity contribution in [1.29, 1.82) is 0 Å². The fourth-order valence-corrected chi connectivity index (χ4v) is 2.21. The number of ether oxygens (including phenoxy) is 2. The van der Waals surface area contributed by atoms with Gasteiger partial charge in [-0.1, -0.05) is 6.07 Å². The Morgan fingerprint density at radius 2 is 2.19 bits per heavy atom. The average molecular weight is 296 g/mol. The number of morpholine rings is 1. The van der Waals surface area contributed by atoms with Crippen molar-refractivity contribution in [1.82, 2.24) is 4.90 Å². The summed E-state index contributed by atoms with van der Waals surface area (Å²) >= 11 is 0. The van der Waals surface area contributed by atoms with Gasteiger partial charge in [0.05, 0.1) is 19.3 Å². The lowest BCUT2D eigenvalue weighted by molar-refractivity contribution is -0.0338. The zero-order valence-electron chi connectivity index (χ0n) is 12.6. The van der Waals surface area contributed by atoms with Crippen molar-refractivity contribution in [3.8, 4) is 0 Å². The number of nitrogens with two attached hydrogens (primary N) is 1. The van der Waals surface area contributed by atoms with Crippen LogP contribution in [0.3, 0.4) is 0 Å². The number of carbonyl (C=O) groups excluding carboxylic acids is 1. The van der Waals surface area contributed by atoms with Crippen molar-refractivity contribution >= 4 is 11.8 Å². The number of benzene rings is 1. The molecule has 0 radical (unpaired) electrons. The molecule has 116 valence electrons. The zero-order chi connectivity index (χ0) is 15.6. The minimum atomic E-state index is -0.598. The van der Waals surface area contributed by atoms with E-state index in [-0.39, 0.29) is 6.61 Å². The van der Waals surface area contributed by atoms with Gasteiger partial charge in [0.1, 0.15) is 11.4 Å². The summed E-state index contributed by atoms with van der Waals surface area (Å²) in [7, 11) is 0. The van der Waals surface area contributed by atoms with Gasteiger partial charge in [-0.25, -0.2) is 9.18 Å². The number of amides is 1. The van der Waals surface area contributed by atoms with Crippen LogP contribution >= 0.6 is 0 Å². The van der Waals surface area contributed by atoms with Gasteiger partial charge in [0.15, 0.2) is 0 Å². The highest BCUT2D eigenvalue weighted by Crippen LogP contribution is 2.29. The van der Waals surface area contributed by atoms with E-state index in [1.807, 2.05) is 0 Å². The van der Waals surface area contributed by atoms with Gasteiger partial charge in [-0.3, -0.25) is 4.90 Å². The first kappa shape index (κ1) is 15.6. The highest BCUT2D eigenvalue weighted by atomic mass is 19.1. The molecule has 0 aliphatic carbocycles. The topological polar surface area (TPSA) is 64.8 Å². The second kappa shape index (κ2) is 5.89. The van der Waals surface area contributed by atoms with Gasteiger partial charge in [0, 0.05) is 17.8 Å². The summed E-state index contributed by atoms with van der Waals surface area (Å²) in [4.78, 5) is 13.8. The van der Waals surface area contributed by atoms with E-state index in [4.69, 9.17) is 15.2 Å². The van der Waals surface area contributed by atoms with Crippen LogP contribution < -0.4 is 5.73 Å². The van der Waals surface area contributed by atoms with E-state index in [1.165, 1.54) is 11.0 Å². The van der Waals surface area contributed by atoms with Gasteiger partial charge in [0.2, 0.25) is 0 Å². The number of halogens is 1. The van der Waals surface area contributed by atoms with Crippen molar-refractivity contribution in [3.63, 3.8) is 0 Å². The largest absolute Gasteiger partial charge is 0.444 e. The summed E-state index contributed by atoms with van der Waals surface area (Å²) in [6.07, 6.45) is -0.466. The molecular formula is C15H21FN2O3. The van der Waals surface area contributed by atoms with Crippen LogP contribution in [0, 0.1) is 5.82 Å². The molecule has 0 saturated carbocycles. The van der Waals surface area contributed by atoms with Crippen LogP contribution in [0.1, 0.15) is 32.4 Å². The van der Waals surface area contributed by atoms with Crippen LogP contribution in [0.2, 0.25) is 0 Å². The molecule has 1 saturated heterocycles. The van der Waals surface area contributed by atoms with Crippen LogP contribution in [0.15, 0.2) is 18.2 Å². The van der Waals surface area contributed by atoms with Crippen molar-refractivity contribution in [2.45, 2.75) is 32.4 Å². The third-order valence-corrected chi connectivity index (χ3v) is 3.14. The van der Waals surface area contributed by atoms with Gasteiger partial charge in [-0.05, 0) is 32.9 Å².